The van der Waals surface area contributed by atoms with Crippen molar-refractivity contribution >= 4 is 11.8 Å². The highest BCUT2D eigenvalue weighted by Crippen LogP contribution is 2.77. The van der Waals surface area contributed by atoms with Crippen molar-refractivity contribution in [3.05, 3.63) is 12.2 Å². The van der Waals surface area contributed by atoms with Crippen LogP contribution in [-0.2, 0) is 14.3 Å². The number of ether oxygens (including phenoxy) is 1. The molecule has 35 heavy (non-hydrogen) atoms. The molecule has 0 saturated heterocycles. The van der Waals surface area contributed by atoms with E-state index in [-0.39, 0.29) is 27.6 Å². The van der Waals surface area contributed by atoms with Crippen molar-refractivity contribution in [1.29, 1.82) is 0 Å². The fraction of sp³-hybridized carbons (Fsp3) is 0.875. The molecule has 5 fully saturated rings. The number of ketones is 1. The van der Waals surface area contributed by atoms with Crippen LogP contribution in [0.25, 0.3) is 0 Å². The molecular weight excluding hydrogens is 432 g/mol. The van der Waals surface area contributed by atoms with Crippen molar-refractivity contribution in [2.45, 2.75) is 113 Å². The van der Waals surface area contributed by atoms with Gasteiger partial charge in [0, 0.05) is 24.2 Å². The van der Waals surface area contributed by atoms with E-state index in [1.807, 2.05) is 0 Å². The molecule has 0 aliphatic heterocycles. The molecule has 3 heteroatoms. The van der Waals surface area contributed by atoms with E-state index in [9.17, 15) is 9.59 Å². The van der Waals surface area contributed by atoms with E-state index in [0.717, 1.165) is 12.8 Å². The fourth-order valence-electron chi connectivity index (χ4n) is 11.6. The lowest BCUT2D eigenvalue weighted by molar-refractivity contribution is -0.237. The number of carbonyl (C=O) groups is 2. The molecule has 0 aromatic carbocycles. The van der Waals surface area contributed by atoms with Gasteiger partial charge in [-0.1, -0.05) is 46.8 Å². The molecule has 5 saturated carbocycles. The average Bonchev–Trinajstić information content (AvgIpc) is 3.16. The van der Waals surface area contributed by atoms with E-state index in [1.54, 1.807) is 6.92 Å². The minimum atomic E-state index is -0.186. The van der Waals surface area contributed by atoms with Gasteiger partial charge in [-0.2, -0.15) is 0 Å². The molecular formula is C32H50O3. The summed E-state index contributed by atoms with van der Waals surface area (Å²) in [5.74, 6) is 3.34. The number of allylic oxidation sites excluding steroid dienone is 1. The van der Waals surface area contributed by atoms with Crippen LogP contribution in [0.2, 0.25) is 0 Å². The van der Waals surface area contributed by atoms with Gasteiger partial charge in [0.05, 0.1) is 6.61 Å². The van der Waals surface area contributed by atoms with Crippen LogP contribution in [0.4, 0.5) is 0 Å². The maximum atomic E-state index is 13.0. The summed E-state index contributed by atoms with van der Waals surface area (Å²) < 4.78 is 5.78. The number of carbonyl (C=O) groups excluding carboxylic acids is 2. The Morgan fingerprint density at radius 1 is 0.886 bits per heavy atom. The number of hydrogen-bond acceptors (Lipinski definition) is 3. The van der Waals surface area contributed by atoms with Crippen LogP contribution >= 0.6 is 0 Å². The molecule has 0 aromatic heterocycles. The minimum absolute atomic E-state index is 0.128. The molecule has 0 N–H and O–H groups in total. The second-order valence-corrected chi connectivity index (χ2v) is 15.0. The monoisotopic (exact) mass is 482 g/mol. The van der Waals surface area contributed by atoms with Crippen LogP contribution in [-0.4, -0.2) is 18.4 Å². The van der Waals surface area contributed by atoms with Gasteiger partial charge in [0.2, 0.25) is 0 Å². The zero-order valence-electron chi connectivity index (χ0n) is 23.6. The van der Waals surface area contributed by atoms with E-state index in [2.05, 4.69) is 48.1 Å². The Morgan fingerprint density at radius 2 is 1.60 bits per heavy atom. The van der Waals surface area contributed by atoms with Gasteiger partial charge in [0.15, 0.2) is 0 Å². The second kappa shape index (κ2) is 7.94. The van der Waals surface area contributed by atoms with Gasteiger partial charge < -0.3 is 4.74 Å². The third kappa shape index (κ3) is 3.27. The van der Waals surface area contributed by atoms with Gasteiger partial charge in [0.1, 0.15) is 5.78 Å². The maximum absolute atomic E-state index is 13.0. The first-order valence-electron chi connectivity index (χ1n) is 14.5. The van der Waals surface area contributed by atoms with Crippen LogP contribution in [0.5, 0.6) is 0 Å². The highest BCUT2D eigenvalue weighted by atomic mass is 16.5. The van der Waals surface area contributed by atoms with E-state index >= 15 is 0 Å². The number of fused-ring (bicyclic) bond motifs is 7. The normalized spacial score (nSPS) is 50.4. The summed E-state index contributed by atoms with van der Waals surface area (Å²) in [5.41, 5.74) is 2.12. The molecule has 0 spiro atoms. The summed E-state index contributed by atoms with van der Waals surface area (Å²) in [6, 6.07) is 0. The molecule has 9 atom stereocenters. The first kappa shape index (κ1) is 25.5. The molecule has 5 aliphatic rings. The van der Waals surface area contributed by atoms with Crippen molar-refractivity contribution in [2.24, 2.45) is 56.7 Å². The van der Waals surface area contributed by atoms with E-state index in [4.69, 9.17) is 4.74 Å². The minimum Gasteiger partial charge on any atom is -0.465 e. The Balaban J connectivity index is 1.53. The molecule has 3 nitrogen and oxygen atoms in total. The van der Waals surface area contributed by atoms with Crippen molar-refractivity contribution in [3.63, 3.8) is 0 Å². The van der Waals surface area contributed by atoms with E-state index < -0.39 is 0 Å². The molecule has 5 rings (SSSR count). The molecule has 0 bridgehead atoms. The molecule has 0 heterocycles. The Morgan fingerprint density at radius 3 is 2.26 bits per heavy atom. The average molecular weight is 483 g/mol. The van der Waals surface area contributed by atoms with Crippen molar-refractivity contribution in [1.82, 2.24) is 0 Å². The number of esters is 1. The van der Waals surface area contributed by atoms with Gasteiger partial charge in [0.25, 0.3) is 0 Å². The Bertz CT molecular complexity index is 933. The molecule has 5 aliphatic carbocycles. The predicted molar refractivity (Wildman–Crippen MR) is 141 cm³/mol. The SMILES string of the molecule is C=C(C)[C@H]1CC[C@@]2(COC(C)=O)CC[C@]3(C)[C@H](CC[C@H]4[C@@]5(C)CCC(=O)C(C)(C)[C@H]5CC[C@@]43C)[C@@H]12. The lowest BCUT2D eigenvalue weighted by Gasteiger charge is -2.72. The first-order chi connectivity index (χ1) is 16.2. The highest BCUT2D eigenvalue weighted by molar-refractivity contribution is 5.85. The Hall–Kier alpha value is -1.12. The Labute approximate surface area is 214 Å². The quantitative estimate of drug-likeness (QED) is 0.305. The van der Waals surface area contributed by atoms with Crippen molar-refractivity contribution in [3.8, 4) is 0 Å². The van der Waals surface area contributed by atoms with Crippen LogP contribution in [0.1, 0.15) is 113 Å². The number of Topliss-reactive ketones (excluding diaryl/α,β-unsaturated/α-hetero) is 1. The summed E-state index contributed by atoms with van der Waals surface area (Å²) >= 11 is 0. The standard InChI is InChI=1S/C32H50O3/c1-20(2)22-11-16-32(19-35-21(3)33)18-17-30(7)23(27(22)32)9-10-25-29(6)14-13-26(34)28(4,5)24(29)12-15-31(25,30)8/h22-25,27H,1,9-19H2,2-8H3/t22-,23-,24-,25+,27-,29+,30-,31+,32+/m1/s1. The summed E-state index contributed by atoms with van der Waals surface area (Å²) in [6.07, 6.45) is 11.6. The first-order valence-corrected chi connectivity index (χ1v) is 14.5. The summed E-state index contributed by atoms with van der Waals surface area (Å²) in [4.78, 5) is 24.8. The van der Waals surface area contributed by atoms with Gasteiger partial charge in [-0.15, -0.1) is 0 Å². The molecule has 0 radical (unpaired) electrons. The van der Waals surface area contributed by atoms with Crippen LogP contribution < -0.4 is 0 Å². The fourth-order valence-corrected chi connectivity index (χ4v) is 11.6. The summed E-state index contributed by atoms with van der Waals surface area (Å²) in [6.45, 7) is 21.2. The number of rotatable bonds is 3. The van der Waals surface area contributed by atoms with Gasteiger partial charge in [-0.05, 0) is 111 Å². The third-order valence-corrected chi connectivity index (χ3v) is 13.5. The zero-order chi connectivity index (χ0) is 25.6. The van der Waals surface area contributed by atoms with Crippen molar-refractivity contribution < 1.29 is 14.3 Å². The summed E-state index contributed by atoms with van der Waals surface area (Å²) in [5, 5.41) is 0. The van der Waals surface area contributed by atoms with E-state index in [0.29, 0.717) is 47.4 Å². The molecule has 0 amide bonds. The molecule has 0 unspecified atom stereocenters. The van der Waals surface area contributed by atoms with Crippen LogP contribution in [0.3, 0.4) is 0 Å². The van der Waals surface area contributed by atoms with Crippen LogP contribution in [0.15, 0.2) is 12.2 Å². The van der Waals surface area contributed by atoms with Crippen LogP contribution in [0, 0.1) is 56.7 Å². The highest BCUT2D eigenvalue weighted by Gasteiger charge is 2.71. The molecule has 0 aromatic rings. The van der Waals surface area contributed by atoms with E-state index in [1.165, 1.54) is 56.9 Å². The Kier molecular flexibility index (Phi) is 5.79. The maximum Gasteiger partial charge on any atom is 0.302 e. The molecule has 196 valence electrons. The third-order valence-electron chi connectivity index (χ3n) is 13.5. The lowest BCUT2D eigenvalue weighted by atomic mass is 9.32. The van der Waals surface area contributed by atoms with Crippen molar-refractivity contribution in [2.75, 3.05) is 6.61 Å². The van der Waals surface area contributed by atoms with Gasteiger partial charge in [-0.3, -0.25) is 9.59 Å². The van der Waals surface area contributed by atoms with Gasteiger partial charge >= 0.3 is 5.97 Å². The second-order valence-electron chi connectivity index (χ2n) is 15.0. The topological polar surface area (TPSA) is 43.4 Å². The largest absolute Gasteiger partial charge is 0.465 e. The smallest absolute Gasteiger partial charge is 0.302 e. The lowest BCUT2D eigenvalue weighted by Crippen LogP contribution is -2.66. The summed E-state index contributed by atoms with van der Waals surface area (Å²) in [7, 11) is 0. The predicted octanol–water partition coefficient (Wildman–Crippen LogP) is 7.78. The van der Waals surface area contributed by atoms with Gasteiger partial charge in [-0.25, -0.2) is 0 Å². The number of hydrogen-bond donors (Lipinski definition) is 0. The zero-order valence-corrected chi connectivity index (χ0v) is 23.6.